The van der Waals surface area contributed by atoms with E-state index in [2.05, 4.69) is 25.4 Å². The van der Waals surface area contributed by atoms with Gasteiger partial charge < -0.3 is 10.1 Å². The van der Waals surface area contributed by atoms with E-state index in [4.69, 9.17) is 4.74 Å². The van der Waals surface area contributed by atoms with Crippen molar-refractivity contribution in [1.29, 1.82) is 0 Å². The van der Waals surface area contributed by atoms with Crippen LogP contribution >= 0.6 is 11.3 Å². The highest BCUT2D eigenvalue weighted by molar-refractivity contribution is 7.17. The number of benzene rings is 1. The topological polar surface area (TPSA) is 89.4 Å². The number of methoxy groups -OCH3 is 1. The molecule has 0 spiro atoms. The second-order valence-electron chi connectivity index (χ2n) is 5.08. The van der Waals surface area contributed by atoms with Gasteiger partial charge in [0, 0.05) is 11.9 Å². The van der Waals surface area contributed by atoms with E-state index in [1.54, 1.807) is 19.4 Å². The highest BCUT2D eigenvalue weighted by Crippen LogP contribution is 2.33. The van der Waals surface area contributed by atoms with Crippen LogP contribution in [0.15, 0.2) is 35.6 Å². The lowest BCUT2D eigenvalue weighted by molar-refractivity contribution is 0.411. The molecule has 1 aromatic carbocycles. The van der Waals surface area contributed by atoms with Crippen molar-refractivity contribution in [3.8, 4) is 15.8 Å². The van der Waals surface area contributed by atoms with E-state index in [1.165, 1.54) is 11.3 Å². The maximum absolute atomic E-state index is 10.8. The van der Waals surface area contributed by atoms with Crippen molar-refractivity contribution in [2.75, 3.05) is 12.4 Å². The van der Waals surface area contributed by atoms with Crippen molar-refractivity contribution < 1.29 is 4.74 Å². The summed E-state index contributed by atoms with van der Waals surface area (Å²) in [5.74, 6) is 0.431. The van der Waals surface area contributed by atoms with Crippen LogP contribution < -0.4 is 10.1 Å². The monoisotopic (exact) mass is 341 g/mol. The number of thiazole rings is 1. The Kier molecular flexibility index (Phi) is 4.48. The van der Waals surface area contributed by atoms with E-state index in [1.807, 2.05) is 32.0 Å². The number of hydrogen-bond donors (Lipinski definition) is 1. The third kappa shape index (κ3) is 3.23. The van der Waals surface area contributed by atoms with Crippen molar-refractivity contribution in [2.24, 2.45) is 5.18 Å². The van der Waals surface area contributed by atoms with Crippen molar-refractivity contribution in [3.05, 3.63) is 46.6 Å². The van der Waals surface area contributed by atoms with Crippen LogP contribution in [0.2, 0.25) is 0 Å². The molecule has 3 rings (SSSR count). The van der Waals surface area contributed by atoms with Gasteiger partial charge in [-0.15, -0.1) is 4.91 Å². The predicted molar refractivity (Wildman–Crippen MR) is 94.3 cm³/mol. The molecule has 2 aromatic heterocycles. The lowest BCUT2D eigenvalue weighted by Gasteiger charge is -2.07. The summed E-state index contributed by atoms with van der Waals surface area (Å²) in [5, 5.41) is 6.69. The number of nitrogens with one attached hydrogen (secondary N) is 1. The molecule has 24 heavy (non-hydrogen) atoms. The molecule has 2 heterocycles. The molecule has 7 nitrogen and oxygen atoms in total. The van der Waals surface area contributed by atoms with Gasteiger partial charge in [-0.05, 0) is 42.8 Å². The summed E-state index contributed by atoms with van der Waals surface area (Å²) in [5.41, 5.74) is 3.51. The van der Waals surface area contributed by atoms with Crippen molar-refractivity contribution in [2.45, 2.75) is 13.8 Å². The molecular weight excluding hydrogens is 326 g/mol. The molecule has 0 saturated carbocycles. The van der Waals surface area contributed by atoms with Crippen LogP contribution in [-0.4, -0.2) is 22.1 Å². The Hall–Kier alpha value is -2.87. The van der Waals surface area contributed by atoms with Crippen molar-refractivity contribution >= 4 is 28.7 Å². The Morgan fingerprint density at radius 3 is 2.75 bits per heavy atom. The summed E-state index contributed by atoms with van der Waals surface area (Å²) in [6, 6.07) is 7.15. The van der Waals surface area contributed by atoms with Gasteiger partial charge in [0.1, 0.15) is 5.69 Å². The number of aromatic nitrogens is 3. The van der Waals surface area contributed by atoms with Crippen LogP contribution in [0.3, 0.4) is 0 Å². The largest absolute Gasteiger partial charge is 0.473 e. The maximum atomic E-state index is 10.8. The molecule has 8 heteroatoms. The summed E-state index contributed by atoms with van der Waals surface area (Å²) in [7, 11) is 1.59. The molecule has 0 saturated heterocycles. The minimum Gasteiger partial charge on any atom is -0.473 e. The first-order valence-electron chi connectivity index (χ1n) is 7.16. The number of ether oxygens (including phenoxy) is 1. The van der Waals surface area contributed by atoms with E-state index in [-0.39, 0.29) is 0 Å². The molecule has 0 aliphatic heterocycles. The highest BCUT2D eigenvalue weighted by Gasteiger charge is 2.12. The third-order valence-electron chi connectivity index (χ3n) is 3.40. The Morgan fingerprint density at radius 1 is 1.21 bits per heavy atom. The number of nitrogens with zero attached hydrogens (tertiary/aromatic N) is 4. The Bertz CT molecular complexity index is 894. The molecule has 0 unspecified atom stereocenters. The molecule has 0 aliphatic rings. The molecule has 3 aromatic rings. The minimum atomic E-state index is 0.388. The second kappa shape index (κ2) is 6.71. The van der Waals surface area contributed by atoms with Crippen LogP contribution in [0.4, 0.5) is 17.3 Å². The van der Waals surface area contributed by atoms with Gasteiger partial charge in [-0.1, -0.05) is 17.4 Å². The summed E-state index contributed by atoms with van der Waals surface area (Å²) in [4.78, 5) is 24.8. The number of anilines is 2. The first-order valence-corrected chi connectivity index (χ1v) is 7.98. The summed E-state index contributed by atoms with van der Waals surface area (Å²) < 4.78 is 5.17. The molecule has 0 aliphatic carbocycles. The maximum Gasteiger partial charge on any atom is 0.273 e. The van der Waals surface area contributed by atoms with Gasteiger partial charge in [0.2, 0.25) is 5.95 Å². The summed E-state index contributed by atoms with van der Waals surface area (Å²) in [6.45, 7) is 3.74. The fourth-order valence-corrected chi connectivity index (χ4v) is 3.01. The predicted octanol–water partition coefficient (Wildman–Crippen LogP) is 4.37. The standard InChI is InChI=1S/C16H15N5O2S/c1-9-4-5-11(8-13(9)21-22)19-15-17-7-6-12(20-15)14-10(2)18-16(23-3)24-14/h4-8H,1-3H3,(H,17,19,20). The first-order chi connectivity index (χ1) is 11.6. The molecule has 0 amide bonds. The smallest absolute Gasteiger partial charge is 0.273 e. The van der Waals surface area contributed by atoms with Gasteiger partial charge in [-0.3, -0.25) is 0 Å². The van der Waals surface area contributed by atoms with Crippen molar-refractivity contribution in [1.82, 2.24) is 15.0 Å². The van der Waals surface area contributed by atoms with E-state index in [0.717, 1.165) is 21.8 Å². The molecule has 1 N–H and O–H groups in total. The molecular formula is C16H15N5O2S. The van der Waals surface area contributed by atoms with Crippen LogP contribution in [0.5, 0.6) is 5.19 Å². The third-order valence-corrected chi connectivity index (χ3v) is 4.54. The van der Waals surface area contributed by atoms with Gasteiger partial charge in [-0.25, -0.2) is 15.0 Å². The average Bonchev–Trinajstić information content (AvgIpc) is 2.98. The van der Waals surface area contributed by atoms with Crippen LogP contribution in [0, 0.1) is 18.8 Å². The van der Waals surface area contributed by atoms with E-state index >= 15 is 0 Å². The summed E-state index contributed by atoms with van der Waals surface area (Å²) >= 11 is 1.43. The number of rotatable bonds is 5. The molecule has 122 valence electrons. The Labute approximate surface area is 142 Å². The zero-order valence-corrected chi connectivity index (χ0v) is 14.2. The zero-order valence-electron chi connectivity index (χ0n) is 13.4. The lowest BCUT2D eigenvalue weighted by Crippen LogP contribution is -1.98. The van der Waals surface area contributed by atoms with Crippen LogP contribution in [-0.2, 0) is 0 Å². The quantitative estimate of drug-likeness (QED) is 0.693. The number of hydrogen-bond acceptors (Lipinski definition) is 8. The van der Waals surface area contributed by atoms with E-state index < -0.39 is 0 Å². The molecule has 0 radical (unpaired) electrons. The molecule has 0 atom stereocenters. The first kappa shape index (κ1) is 16.0. The summed E-state index contributed by atoms with van der Waals surface area (Å²) in [6.07, 6.45) is 1.67. The van der Waals surface area contributed by atoms with Gasteiger partial charge in [-0.2, -0.15) is 0 Å². The molecule has 0 bridgehead atoms. The lowest BCUT2D eigenvalue weighted by atomic mass is 10.2. The zero-order chi connectivity index (χ0) is 17.1. The van der Waals surface area contributed by atoms with Gasteiger partial charge >= 0.3 is 0 Å². The molecule has 0 fully saturated rings. The Balaban J connectivity index is 1.90. The van der Waals surface area contributed by atoms with Crippen LogP contribution in [0.25, 0.3) is 10.6 Å². The van der Waals surface area contributed by atoms with Gasteiger partial charge in [0.15, 0.2) is 0 Å². The fourth-order valence-electron chi connectivity index (χ4n) is 2.16. The van der Waals surface area contributed by atoms with Gasteiger partial charge in [0.25, 0.3) is 5.19 Å². The SMILES string of the molecule is COc1nc(C)c(-c2ccnc(Nc3ccc(C)c(N=O)c3)n2)s1. The van der Waals surface area contributed by atoms with Gasteiger partial charge in [0.05, 0.1) is 23.4 Å². The number of aryl methyl sites for hydroxylation is 2. The normalized spacial score (nSPS) is 10.5. The van der Waals surface area contributed by atoms with E-state index in [0.29, 0.717) is 22.5 Å². The fraction of sp³-hybridized carbons (Fsp3) is 0.188. The van der Waals surface area contributed by atoms with Crippen molar-refractivity contribution in [3.63, 3.8) is 0 Å². The second-order valence-corrected chi connectivity index (χ2v) is 6.04. The Morgan fingerprint density at radius 2 is 2.04 bits per heavy atom. The highest BCUT2D eigenvalue weighted by atomic mass is 32.1. The number of nitroso groups, excluding NO2 is 1. The van der Waals surface area contributed by atoms with E-state index in [9.17, 15) is 4.91 Å². The van der Waals surface area contributed by atoms with Crippen LogP contribution in [0.1, 0.15) is 11.3 Å². The average molecular weight is 341 g/mol. The minimum absolute atomic E-state index is 0.388.